The number of aromatic amines is 1. The lowest BCUT2D eigenvalue weighted by atomic mass is 10.1. The van der Waals surface area contributed by atoms with Gasteiger partial charge in [0.2, 0.25) is 0 Å². The Morgan fingerprint density at radius 1 is 1.50 bits per heavy atom. The van der Waals surface area contributed by atoms with E-state index in [1.807, 2.05) is 24.3 Å². The van der Waals surface area contributed by atoms with Gasteiger partial charge in [-0.1, -0.05) is 23.7 Å². The van der Waals surface area contributed by atoms with Gasteiger partial charge in [0.15, 0.2) is 0 Å². The van der Waals surface area contributed by atoms with E-state index in [2.05, 4.69) is 9.97 Å². The quantitative estimate of drug-likeness (QED) is 0.860. The third-order valence-electron chi connectivity index (χ3n) is 2.25. The molecule has 0 radical (unpaired) electrons. The molecule has 0 fully saturated rings. The van der Waals surface area contributed by atoms with Gasteiger partial charge < -0.3 is 15.5 Å². The molecule has 5 heteroatoms. The number of ether oxygens (including phenoxy) is 1. The minimum absolute atomic E-state index is 0.337. The fourth-order valence-electron chi connectivity index (χ4n) is 1.46. The van der Waals surface area contributed by atoms with Crippen molar-refractivity contribution in [2.45, 2.75) is 6.54 Å². The highest BCUT2D eigenvalue weighted by atomic mass is 35.5. The first kappa shape index (κ1) is 11.0. The van der Waals surface area contributed by atoms with E-state index in [1.165, 1.54) is 0 Å². The molecule has 0 bridgehead atoms. The molecule has 84 valence electrons. The van der Waals surface area contributed by atoms with Crippen LogP contribution in [-0.2, 0) is 6.54 Å². The number of rotatable bonds is 3. The Morgan fingerprint density at radius 2 is 2.31 bits per heavy atom. The second-order valence-corrected chi connectivity index (χ2v) is 3.66. The van der Waals surface area contributed by atoms with Gasteiger partial charge in [0.25, 0.3) is 0 Å². The summed E-state index contributed by atoms with van der Waals surface area (Å²) in [5.74, 6) is 1.44. The highest BCUT2D eigenvalue weighted by Crippen LogP contribution is 2.27. The summed E-state index contributed by atoms with van der Waals surface area (Å²) in [7, 11) is 1.62. The van der Waals surface area contributed by atoms with Crippen LogP contribution in [0.25, 0.3) is 11.3 Å². The van der Waals surface area contributed by atoms with E-state index in [9.17, 15) is 0 Å². The Labute approximate surface area is 98.4 Å². The van der Waals surface area contributed by atoms with Crippen molar-refractivity contribution in [3.63, 3.8) is 0 Å². The lowest BCUT2D eigenvalue weighted by molar-refractivity contribution is 0.415. The number of halogens is 1. The van der Waals surface area contributed by atoms with Crippen molar-refractivity contribution >= 4 is 11.6 Å². The van der Waals surface area contributed by atoms with E-state index >= 15 is 0 Å². The zero-order valence-corrected chi connectivity index (χ0v) is 9.58. The lowest BCUT2D eigenvalue weighted by Crippen LogP contribution is -1.97. The van der Waals surface area contributed by atoms with Gasteiger partial charge in [-0.25, -0.2) is 4.98 Å². The molecule has 0 amide bonds. The Morgan fingerprint density at radius 3 is 2.94 bits per heavy atom. The predicted molar refractivity (Wildman–Crippen MR) is 63.5 cm³/mol. The van der Waals surface area contributed by atoms with Gasteiger partial charge in [-0.15, -0.1) is 0 Å². The van der Waals surface area contributed by atoms with Gasteiger partial charge >= 0.3 is 0 Å². The molecule has 2 aromatic rings. The SMILES string of the molecule is COc1cccc(-c2nc(CN)[nH]c2Cl)c1. The molecule has 0 unspecified atom stereocenters. The van der Waals surface area contributed by atoms with Gasteiger partial charge in [-0.05, 0) is 12.1 Å². The summed E-state index contributed by atoms with van der Waals surface area (Å²) in [4.78, 5) is 7.22. The number of nitrogens with one attached hydrogen (secondary N) is 1. The van der Waals surface area contributed by atoms with Crippen LogP contribution < -0.4 is 10.5 Å². The molecule has 0 atom stereocenters. The largest absolute Gasteiger partial charge is 0.497 e. The molecule has 16 heavy (non-hydrogen) atoms. The molecule has 1 aromatic carbocycles. The molecule has 0 aliphatic carbocycles. The molecular formula is C11H12ClN3O. The summed E-state index contributed by atoms with van der Waals surface area (Å²) in [6.07, 6.45) is 0. The Kier molecular flexibility index (Phi) is 3.12. The van der Waals surface area contributed by atoms with Gasteiger partial charge in [-0.2, -0.15) is 0 Å². The normalized spacial score (nSPS) is 10.4. The topological polar surface area (TPSA) is 63.9 Å². The summed E-state index contributed by atoms with van der Waals surface area (Å²) in [6, 6.07) is 7.56. The van der Waals surface area contributed by atoms with Crippen LogP contribution in [0.15, 0.2) is 24.3 Å². The van der Waals surface area contributed by atoms with Gasteiger partial charge in [0.05, 0.1) is 13.7 Å². The van der Waals surface area contributed by atoms with E-state index in [0.717, 1.165) is 11.3 Å². The summed E-state index contributed by atoms with van der Waals surface area (Å²) in [6.45, 7) is 0.337. The lowest BCUT2D eigenvalue weighted by Gasteiger charge is -2.01. The van der Waals surface area contributed by atoms with Crippen molar-refractivity contribution in [2.75, 3.05) is 7.11 Å². The van der Waals surface area contributed by atoms with E-state index in [1.54, 1.807) is 7.11 Å². The fraction of sp³-hybridized carbons (Fsp3) is 0.182. The molecule has 0 aliphatic rings. The number of nitrogens with two attached hydrogens (primary N) is 1. The van der Waals surface area contributed by atoms with Crippen molar-refractivity contribution < 1.29 is 4.74 Å². The van der Waals surface area contributed by atoms with Crippen LogP contribution in [-0.4, -0.2) is 17.1 Å². The van der Waals surface area contributed by atoms with Crippen LogP contribution >= 0.6 is 11.6 Å². The maximum Gasteiger partial charge on any atom is 0.134 e. The maximum atomic E-state index is 6.04. The standard InChI is InChI=1S/C11H12ClN3O/c1-16-8-4-2-3-7(5-8)10-11(12)15-9(6-13)14-10/h2-5H,6,13H2,1H3,(H,14,15). The first-order chi connectivity index (χ1) is 7.74. The Balaban J connectivity index is 2.45. The van der Waals surface area contributed by atoms with E-state index in [4.69, 9.17) is 22.1 Å². The first-order valence-electron chi connectivity index (χ1n) is 4.83. The smallest absolute Gasteiger partial charge is 0.134 e. The molecule has 0 saturated carbocycles. The van der Waals surface area contributed by atoms with Crippen molar-refractivity contribution in [3.05, 3.63) is 35.2 Å². The summed E-state index contributed by atoms with van der Waals surface area (Å²) in [5, 5.41) is 0.494. The van der Waals surface area contributed by atoms with Crippen molar-refractivity contribution in [3.8, 4) is 17.0 Å². The zero-order valence-electron chi connectivity index (χ0n) is 8.83. The minimum Gasteiger partial charge on any atom is -0.497 e. The molecule has 3 N–H and O–H groups in total. The number of imidazole rings is 1. The van der Waals surface area contributed by atoms with Crippen molar-refractivity contribution in [1.29, 1.82) is 0 Å². The summed E-state index contributed by atoms with van der Waals surface area (Å²) in [5.41, 5.74) is 7.09. The van der Waals surface area contributed by atoms with Crippen molar-refractivity contribution in [2.24, 2.45) is 5.73 Å². The molecule has 1 aromatic heterocycles. The highest BCUT2D eigenvalue weighted by molar-refractivity contribution is 6.31. The fourth-order valence-corrected chi connectivity index (χ4v) is 1.72. The Bertz CT molecular complexity index is 496. The number of methoxy groups -OCH3 is 1. The monoisotopic (exact) mass is 237 g/mol. The predicted octanol–water partition coefficient (Wildman–Crippen LogP) is 2.20. The third-order valence-corrected chi connectivity index (χ3v) is 2.52. The number of benzene rings is 1. The van der Waals surface area contributed by atoms with Gasteiger partial charge in [-0.3, -0.25) is 0 Å². The average molecular weight is 238 g/mol. The van der Waals surface area contributed by atoms with E-state index < -0.39 is 0 Å². The van der Waals surface area contributed by atoms with Gasteiger partial charge in [0.1, 0.15) is 22.4 Å². The van der Waals surface area contributed by atoms with Crippen molar-refractivity contribution in [1.82, 2.24) is 9.97 Å². The number of hydrogen-bond acceptors (Lipinski definition) is 3. The third kappa shape index (κ3) is 2.03. The summed E-state index contributed by atoms with van der Waals surface area (Å²) >= 11 is 6.04. The van der Waals surface area contributed by atoms with Gasteiger partial charge in [0, 0.05) is 5.56 Å². The summed E-state index contributed by atoms with van der Waals surface area (Å²) < 4.78 is 5.14. The molecule has 2 rings (SSSR count). The first-order valence-corrected chi connectivity index (χ1v) is 5.21. The van der Waals surface area contributed by atoms with Crippen LogP contribution in [0.5, 0.6) is 5.75 Å². The molecule has 0 aliphatic heterocycles. The van der Waals surface area contributed by atoms with Crippen LogP contribution in [0.2, 0.25) is 5.15 Å². The molecular weight excluding hydrogens is 226 g/mol. The minimum atomic E-state index is 0.337. The Hall–Kier alpha value is -1.52. The van der Waals surface area contributed by atoms with Crippen LogP contribution in [0.4, 0.5) is 0 Å². The second kappa shape index (κ2) is 4.55. The van der Waals surface area contributed by atoms with Crippen LogP contribution in [0.1, 0.15) is 5.82 Å². The van der Waals surface area contributed by atoms with Crippen LogP contribution in [0.3, 0.4) is 0 Å². The maximum absolute atomic E-state index is 6.04. The molecule has 0 spiro atoms. The zero-order chi connectivity index (χ0) is 11.5. The number of aromatic nitrogens is 2. The van der Waals surface area contributed by atoms with Crippen LogP contribution in [0, 0.1) is 0 Å². The molecule has 0 saturated heterocycles. The highest BCUT2D eigenvalue weighted by Gasteiger charge is 2.10. The number of H-pyrrole nitrogens is 1. The molecule has 1 heterocycles. The van der Waals surface area contributed by atoms with E-state index in [0.29, 0.717) is 23.2 Å². The molecule has 4 nitrogen and oxygen atoms in total. The second-order valence-electron chi connectivity index (χ2n) is 3.28. The number of hydrogen-bond donors (Lipinski definition) is 2. The number of nitrogens with zero attached hydrogens (tertiary/aromatic N) is 1. The average Bonchev–Trinajstić information content (AvgIpc) is 2.71. The van der Waals surface area contributed by atoms with E-state index in [-0.39, 0.29) is 0 Å².